The van der Waals surface area contributed by atoms with E-state index in [1.807, 2.05) is 0 Å². The summed E-state index contributed by atoms with van der Waals surface area (Å²) in [4.78, 5) is 97.2. The van der Waals surface area contributed by atoms with Crippen molar-refractivity contribution in [1.82, 2.24) is 0 Å². The van der Waals surface area contributed by atoms with E-state index >= 15 is 0 Å². The van der Waals surface area contributed by atoms with Crippen LogP contribution in [0.15, 0.2) is 51.4 Å². The topological polar surface area (TPSA) is 210 Å². The second-order valence-electron chi connectivity index (χ2n) is 11.2. The molecule has 0 aromatic heterocycles. The first-order valence-corrected chi connectivity index (χ1v) is 22.2. The van der Waals surface area contributed by atoms with Crippen LogP contribution in [0.1, 0.15) is 51.4 Å². The van der Waals surface area contributed by atoms with E-state index in [9.17, 15) is 38.4 Å². The van der Waals surface area contributed by atoms with Crippen LogP contribution in [0.4, 0.5) is 0 Å². The Morgan fingerprint density at radius 1 is 0.333 bits per heavy atom. The van der Waals surface area contributed by atoms with Crippen molar-refractivity contribution >= 4 is 94.8 Å². The molecule has 0 spiro atoms. The highest BCUT2D eigenvalue weighted by molar-refractivity contribution is 7.99. The molecule has 0 unspecified atom stereocenters. The molecule has 0 radical (unpaired) electrons. The Morgan fingerprint density at radius 2 is 0.509 bits per heavy atom. The number of hydrogen-bond acceptors (Lipinski definition) is 20. The molecule has 0 saturated carbocycles. The molecule has 0 aromatic rings. The van der Waals surface area contributed by atoms with E-state index in [0.29, 0.717) is 46.0 Å². The molecule has 0 fully saturated rings. The smallest absolute Gasteiger partial charge is 0.311 e. The lowest BCUT2D eigenvalue weighted by atomic mass is 9.92. The quantitative estimate of drug-likeness (QED) is 0.0353. The van der Waals surface area contributed by atoms with Crippen LogP contribution >= 0.6 is 47.0 Å². The first-order valence-electron chi connectivity index (χ1n) is 17.5. The van der Waals surface area contributed by atoms with E-state index in [4.69, 9.17) is 18.9 Å². The Kier molecular flexibility index (Phi) is 32.9. The molecular weight excluding hydrogens is 829 g/mol. The van der Waals surface area contributed by atoms with Crippen molar-refractivity contribution in [2.45, 2.75) is 51.4 Å². The Bertz CT molecular complexity index is 1120. The molecule has 20 heteroatoms. The maximum Gasteiger partial charge on any atom is 0.311 e. The average Bonchev–Trinajstić information content (AvgIpc) is 3.17. The van der Waals surface area contributed by atoms with Crippen molar-refractivity contribution in [3.8, 4) is 0 Å². The van der Waals surface area contributed by atoms with Gasteiger partial charge in [0.25, 0.3) is 0 Å². The minimum Gasteiger partial charge on any atom is -0.465 e. The van der Waals surface area contributed by atoms with Crippen molar-refractivity contribution in [1.29, 1.82) is 0 Å². The molecule has 0 N–H and O–H groups in total. The van der Waals surface area contributed by atoms with E-state index < -0.39 is 79.6 Å². The van der Waals surface area contributed by atoms with E-state index in [1.165, 1.54) is 47.0 Å². The Morgan fingerprint density at radius 3 is 0.684 bits per heavy atom. The minimum atomic E-state index is -1.51. The lowest BCUT2D eigenvalue weighted by Crippen LogP contribution is -2.44. The maximum absolute atomic E-state index is 12.8. The molecule has 0 saturated heterocycles. The van der Waals surface area contributed by atoms with Gasteiger partial charge in [-0.2, -0.15) is 47.0 Å². The summed E-state index contributed by atoms with van der Waals surface area (Å²) in [6, 6.07) is 0. The standard InChI is InChI=1S/C37H52O16S4/c1-5-46-29(38)9-17-54-21-13-33(42)50-25-37(26-51-34(43)14-22-55-18-10-30(39)47-6-2,27-52-35(44)15-23-56-19-11-31(40)48-7-3)28-53-36(45)16-24-57-20-12-32(41)49-8-4/h5-8H,1-4,9-28H2. The number of carbonyl (C=O) groups is 8. The number of ether oxygens (including phenoxy) is 8. The van der Waals surface area contributed by atoms with Gasteiger partial charge in [-0.3, -0.25) is 38.4 Å². The Hall–Kier alpha value is -3.88. The number of hydrogen-bond donors (Lipinski definition) is 0. The Balaban J connectivity index is 5.69. The summed E-state index contributed by atoms with van der Waals surface area (Å²) < 4.78 is 40.8. The van der Waals surface area contributed by atoms with Crippen molar-refractivity contribution in [2.75, 3.05) is 72.5 Å². The van der Waals surface area contributed by atoms with Gasteiger partial charge >= 0.3 is 47.8 Å². The predicted molar refractivity (Wildman–Crippen MR) is 218 cm³/mol. The first kappa shape index (κ1) is 53.1. The number of rotatable bonds is 36. The van der Waals surface area contributed by atoms with Crippen molar-refractivity contribution in [2.24, 2.45) is 5.41 Å². The summed E-state index contributed by atoms with van der Waals surface area (Å²) in [5, 5.41) is 0. The third kappa shape index (κ3) is 31.8. The van der Waals surface area contributed by atoms with E-state index in [-0.39, 0.29) is 51.4 Å². The molecular formula is C37H52O16S4. The SMILES string of the molecule is C=COC(=O)CCSCCC(=O)OCC(COC(=O)CCSCCC(=O)OC=C)(COC(=O)CCSCCC(=O)OC=C)COC(=O)CCSCCC(=O)OC=C. The van der Waals surface area contributed by atoms with Crippen LogP contribution < -0.4 is 0 Å². The first-order chi connectivity index (χ1) is 27.4. The van der Waals surface area contributed by atoms with E-state index in [1.54, 1.807) is 0 Å². The third-order valence-electron chi connectivity index (χ3n) is 6.62. The summed E-state index contributed by atoms with van der Waals surface area (Å²) >= 11 is 5.27. The highest BCUT2D eigenvalue weighted by atomic mass is 32.2. The summed E-state index contributed by atoms with van der Waals surface area (Å²) in [5.41, 5.74) is -1.51. The monoisotopic (exact) mass is 880 g/mol. The molecule has 0 aliphatic heterocycles. The molecule has 0 heterocycles. The van der Waals surface area contributed by atoms with Crippen LogP contribution in [0.2, 0.25) is 0 Å². The van der Waals surface area contributed by atoms with Gasteiger partial charge in [-0.15, -0.1) is 0 Å². The second-order valence-corrected chi connectivity index (χ2v) is 16.1. The van der Waals surface area contributed by atoms with Gasteiger partial charge < -0.3 is 37.9 Å². The summed E-state index contributed by atoms with van der Waals surface area (Å²) in [7, 11) is 0. The van der Waals surface area contributed by atoms with E-state index in [0.717, 1.165) is 25.0 Å². The van der Waals surface area contributed by atoms with Gasteiger partial charge in [0.05, 0.1) is 76.4 Å². The zero-order valence-electron chi connectivity index (χ0n) is 31.9. The predicted octanol–water partition coefficient (Wildman–Crippen LogP) is 4.95. The number of esters is 8. The van der Waals surface area contributed by atoms with Gasteiger partial charge in [-0.1, -0.05) is 26.3 Å². The van der Waals surface area contributed by atoms with E-state index in [2.05, 4.69) is 45.3 Å². The van der Waals surface area contributed by atoms with Crippen molar-refractivity contribution in [3.05, 3.63) is 51.4 Å². The molecule has 320 valence electrons. The Labute approximate surface area is 350 Å². The lowest BCUT2D eigenvalue weighted by Gasteiger charge is -2.31. The average molecular weight is 881 g/mol. The second kappa shape index (κ2) is 35.3. The van der Waals surface area contributed by atoms with Crippen LogP contribution in [-0.4, -0.2) is 120 Å². The molecule has 16 nitrogen and oxygen atoms in total. The molecule has 0 amide bonds. The molecule has 57 heavy (non-hydrogen) atoms. The summed E-state index contributed by atoms with van der Waals surface area (Å²) in [6.45, 7) is 11.4. The highest BCUT2D eigenvalue weighted by Gasteiger charge is 2.38. The molecule has 0 rings (SSSR count). The fourth-order valence-electron chi connectivity index (χ4n) is 3.73. The largest absolute Gasteiger partial charge is 0.465 e. The number of carbonyl (C=O) groups excluding carboxylic acids is 8. The van der Waals surface area contributed by atoms with Crippen LogP contribution in [0, 0.1) is 5.41 Å². The van der Waals surface area contributed by atoms with Gasteiger partial charge in [-0.25, -0.2) is 0 Å². The zero-order chi connectivity index (χ0) is 42.6. The van der Waals surface area contributed by atoms with Crippen LogP contribution in [0.25, 0.3) is 0 Å². The van der Waals surface area contributed by atoms with Gasteiger partial charge in [0.15, 0.2) is 0 Å². The van der Waals surface area contributed by atoms with Gasteiger partial charge in [0.1, 0.15) is 31.8 Å². The molecule has 0 atom stereocenters. The number of thioether (sulfide) groups is 4. The molecule has 0 bridgehead atoms. The van der Waals surface area contributed by atoms with Gasteiger partial charge in [0, 0.05) is 46.0 Å². The van der Waals surface area contributed by atoms with Crippen molar-refractivity contribution in [3.63, 3.8) is 0 Å². The van der Waals surface area contributed by atoms with Crippen LogP contribution in [0.3, 0.4) is 0 Å². The lowest BCUT2D eigenvalue weighted by molar-refractivity contribution is -0.170. The fraction of sp³-hybridized carbons (Fsp3) is 0.568. The van der Waals surface area contributed by atoms with Crippen LogP contribution in [-0.2, 0) is 76.3 Å². The van der Waals surface area contributed by atoms with Crippen LogP contribution in [0.5, 0.6) is 0 Å². The maximum atomic E-state index is 12.8. The van der Waals surface area contributed by atoms with Gasteiger partial charge in [0.2, 0.25) is 0 Å². The zero-order valence-corrected chi connectivity index (χ0v) is 35.2. The van der Waals surface area contributed by atoms with Gasteiger partial charge in [-0.05, 0) is 0 Å². The fourth-order valence-corrected chi connectivity index (χ4v) is 7.04. The molecule has 0 aliphatic rings. The van der Waals surface area contributed by atoms with Crippen molar-refractivity contribution < 1.29 is 76.3 Å². The third-order valence-corrected chi connectivity index (χ3v) is 10.6. The summed E-state index contributed by atoms with van der Waals surface area (Å²) in [5.74, 6) is -1.66. The molecule has 0 aliphatic carbocycles. The highest BCUT2D eigenvalue weighted by Crippen LogP contribution is 2.23. The normalized spacial score (nSPS) is 10.5. The minimum absolute atomic E-state index is 0.0523. The summed E-state index contributed by atoms with van der Waals surface area (Å²) in [6.07, 6.45) is 4.35. The molecule has 0 aromatic carbocycles.